The van der Waals surface area contributed by atoms with Crippen molar-refractivity contribution in [3.63, 3.8) is 0 Å². The van der Waals surface area contributed by atoms with Gasteiger partial charge in [-0.05, 0) is 29.7 Å². The van der Waals surface area contributed by atoms with Gasteiger partial charge >= 0.3 is 5.97 Å². The van der Waals surface area contributed by atoms with Gasteiger partial charge in [-0.1, -0.05) is 67.6 Å². The highest BCUT2D eigenvalue weighted by Gasteiger charge is 2.28. The summed E-state index contributed by atoms with van der Waals surface area (Å²) in [6.45, 7) is 2.06. The summed E-state index contributed by atoms with van der Waals surface area (Å²) < 4.78 is 18.8. The van der Waals surface area contributed by atoms with Gasteiger partial charge in [0.05, 0.1) is 6.42 Å². The monoisotopic (exact) mass is 415 g/mol. The van der Waals surface area contributed by atoms with Crippen molar-refractivity contribution in [2.45, 2.75) is 25.9 Å². The Morgan fingerprint density at radius 3 is 2.42 bits per heavy atom. The molecule has 0 aliphatic carbocycles. The van der Waals surface area contributed by atoms with Gasteiger partial charge in [0, 0.05) is 28.2 Å². The van der Waals surface area contributed by atoms with Gasteiger partial charge in [0.15, 0.2) is 6.10 Å². The van der Waals surface area contributed by atoms with Crippen molar-refractivity contribution in [2.24, 2.45) is 0 Å². The van der Waals surface area contributed by atoms with E-state index >= 15 is 0 Å². The number of halogens is 1. The molecular weight excluding hydrogens is 393 g/mol. The van der Waals surface area contributed by atoms with Crippen molar-refractivity contribution in [1.82, 2.24) is 4.98 Å². The molecule has 31 heavy (non-hydrogen) atoms. The zero-order valence-electron chi connectivity index (χ0n) is 17.1. The number of nitrogens with one attached hydrogen (secondary N) is 1. The molecule has 1 atom stereocenters. The molecule has 1 N–H and O–H groups in total. The molecule has 1 heterocycles. The number of aromatic amines is 1. The van der Waals surface area contributed by atoms with Crippen molar-refractivity contribution in [1.29, 1.82) is 0 Å². The number of Topliss-reactive ketones (excluding diaryl/α,β-unsaturated/α-hetero) is 1. The first-order valence-corrected chi connectivity index (χ1v) is 10.2. The summed E-state index contributed by atoms with van der Waals surface area (Å²) in [4.78, 5) is 29.3. The van der Waals surface area contributed by atoms with Crippen molar-refractivity contribution in [3.8, 4) is 0 Å². The number of para-hydroxylation sites is 1. The maximum absolute atomic E-state index is 13.5. The van der Waals surface area contributed by atoms with E-state index in [0.717, 1.165) is 22.9 Å². The van der Waals surface area contributed by atoms with E-state index in [9.17, 15) is 14.0 Å². The standard InChI is InChI=1S/C26H22FNO3/c1-2-18-9-6-10-21-22(16-28-24(18)21)25(30)26(19-7-4-3-5-8-19)31-23(29)15-17-11-13-20(27)14-12-17/h3-14,16,26,28H,2,15H2,1H3/t26-/m1/s1. The van der Waals surface area contributed by atoms with Crippen molar-refractivity contribution in [2.75, 3.05) is 0 Å². The van der Waals surface area contributed by atoms with Gasteiger partial charge in [0.2, 0.25) is 5.78 Å². The van der Waals surface area contributed by atoms with E-state index in [0.29, 0.717) is 16.7 Å². The number of ketones is 1. The van der Waals surface area contributed by atoms with Crippen LogP contribution in [0.5, 0.6) is 0 Å². The summed E-state index contributed by atoms with van der Waals surface area (Å²) in [5.74, 6) is -1.22. The third-order valence-electron chi connectivity index (χ3n) is 5.30. The smallest absolute Gasteiger partial charge is 0.311 e. The van der Waals surface area contributed by atoms with E-state index < -0.39 is 12.1 Å². The van der Waals surface area contributed by atoms with Gasteiger partial charge in [-0.2, -0.15) is 0 Å². The number of esters is 1. The van der Waals surface area contributed by atoms with Gasteiger partial charge in [0.25, 0.3) is 0 Å². The third kappa shape index (κ3) is 4.40. The molecule has 0 aliphatic heterocycles. The number of ether oxygens (including phenoxy) is 1. The minimum Gasteiger partial charge on any atom is -0.449 e. The fraction of sp³-hybridized carbons (Fsp3) is 0.154. The summed E-state index contributed by atoms with van der Waals surface area (Å²) in [5, 5.41) is 0.805. The second-order valence-corrected chi connectivity index (χ2v) is 7.34. The summed E-state index contributed by atoms with van der Waals surface area (Å²) in [5.41, 5.74) is 3.72. The second kappa shape index (κ2) is 8.96. The summed E-state index contributed by atoms with van der Waals surface area (Å²) in [6.07, 6.45) is 1.39. The minimum absolute atomic E-state index is 0.0508. The van der Waals surface area contributed by atoms with E-state index in [2.05, 4.69) is 11.9 Å². The van der Waals surface area contributed by atoms with Gasteiger partial charge in [-0.25, -0.2) is 4.39 Å². The van der Waals surface area contributed by atoms with Crippen molar-refractivity contribution < 1.29 is 18.7 Å². The number of carbonyl (C=O) groups is 2. The molecule has 4 nitrogen and oxygen atoms in total. The van der Waals surface area contributed by atoms with Crippen LogP contribution in [0.1, 0.15) is 40.1 Å². The number of fused-ring (bicyclic) bond motifs is 1. The van der Waals surface area contributed by atoms with Crippen LogP contribution in [0.4, 0.5) is 4.39 Å². The van der Waals surface area contributed by atoms with Crippen LogP contribution >= 0.6 is 0 Å². The summed E-state index contributed by atoms with van der Waals surface area (Å²) >= 11 is 0. The highest BCUT2D eigenvalue weighted by Crippen LogP contribution is 2.29. The maximum Gasteiger partial charge on any atom is 0.311 e. The number of aromatic nitrogens is 1. The third-order valence-corrected chi connectivity index (χ3v) is 5.30. The van der Waals surface area contributed by atoms with E-state index in [1.807, 2.05) is 24.3 Å². The van der Waals surface area contributed by atoms with Crippen molar-refractivity contribution >= 4 is 22.7 Å². The number of benzene rings is 3. The summed E-state index contributed by atoms with van der Waals surface area (Å²) in [6, 6.07) is 20.4. The van der Waals surface area contributed by atoms with Crippen molar-refractivity contribution in [3.05, 3.63) is 107 Å². The Morgan fingerprint density at radius 1 is 0.968 bits per heavy atom. The molecule has 0 aliphatic rings. The van der Waals surface area contributed by atoms with Crippen LogP contribution in [0.25, 0.3) is 10.9 Å². The molecule has 0 amide bonds. The molecule has 0 saturated heterocycles. The average molecular weight is 415 g/mol. The van der Waals surface area contributed by atoms with Gasteiger partial charge < -0.3 is 9.72 Å². The minimum atomic E-state index is -1.07. The molecule has 4 rings (SSSR count). The van der Waals surface area contributed by atoms with E-state index in [1.54, 1.807) is 30.5 Å². The zero-order chi connectivity index (χ0) is 21.8. The Labute approximate surface area is 179 Å². The lowest BCUT2D eigenvalue weighted by Gasteiger charge is -2.17. The molecule has 0 bridgehead atoms. The predicted octanol–water partition coefficient (Wildman–Crippen LogP) is 5.58. The molecule has 0 spiro atoms. The first kappa shape index (κ1) is 20.5. The Bertz CT molecular complexity index is 1210. The first-order valence-electron chi connectivity index (χ1n) is 10.2. The molecule has 5 heteroatoms. The quantitative estimate of drug-likeness (QED) is 0.317. The molecule has 0 saturated carbocycles. The van der Waals surface area contributed by atoms with Crippen LogP contribution in [-0.2, 0) is 22.4 Å². The van der Waals surface area contributed by atoms with E-state index in [1.165, 1.54) is 24.3 Å². The van der Waals surface area contributed by atoms with Crippen LogP contribution < -0.4 is 0 Å². The number of rotatable bonds is 7. The molecule has 3 aromatic carbocycles. The van der Waals surface area contributed by atoms with Crippen LogP contribution in [0.3, 0.4) is 0 Å². The fourth-order valence-electron chi connectivity index (χ4n) is 3.70. The summed E-state index contributed by atoms with van der Waals surface area (Å²) in [7, 11) is 0. The lowest BCUT2D eigenvalue weighted by molar-refractivity contribution is -0.146. The normalized spacial score (nSPS) is 11.9. The fourth-order valence-corrected chi connectivity index (χ4v) is 3.70. The number of carbonyl (C=O) groups excluding carboxylic acids is 2. The molecule has 0 radical (unpaired) electrons. The number of aryl methyl sites for hydroxylation is 1. The Kier molecular flexibility index (Phi) is 5.94. The Hall–Kier alpha value is -3.73. The topological polar surface area (TPSA) is 59.2 Å². The van der Waals surface area contributed by atoms with Crippen LogP contribution in [0.2, 0.25) is 0 Å². The van der Waals surface area contributed by atoms with E-state index in [4.69, 9.17) is 4.74 Å². The lowest BCUT2D eigenvalue weighted by atomic mass is 9.98. The lowest BCUT2D eigenvalue weighted by Crippen LogP contribution is -2.21. The van der Waals surface area contributed by atoms with E-state index in [-0.39, 0.29) is 18.0 Å². The highest BCUT2D eigenvalue weighted by molar-refractivity contribution is 6.11. The van der Waals surface area contributed by atoms with Gasteiger partial charge in [-0.3, -0.25) is 9.59 Å². The maximum atomic E-state index is 13.5. The number of hydrogen-bond acceptors (Lipinski definition) is 3. The zero-order valence-corrected chi connectivity index (χ0v) is 17.1. The molecule has 0 fully saturated rings. The number of H-pyrrole nitrogens is 1. The second-order valence-electron chi connectivity index (χ2n) is 7.34. The predicted molar refractivity (Wildman–Crippen MR) is 117 cm³/mol. The Balaban J connectivity index is 1.65. The SMILES string of the molecule is CCc1cccc2c(C(=O)[C@H](OC(=O)Cc3ccc(F)cc3)c3ccccc3)c[nH]c12. The molecule has 4 aromatic rings. The van der Waals surface area contributed by atoms with Gasteiger partial charge in [-0.15, -0.1) is 0 Å². The van der Waals surface area contributed by atoms with Crippen LogP contribution in [0.15, 0.2) is 79.0 Å². The molecule has 1 aromatic heterocycles. The molecular formula is C26H22FNO3. The first-order chi connectivity index (χ1) is 15.1. The molecule has 156 valence electrons. The Morgan fingerprint density at radius 2 is 1.71 bits per heavy atom. The van der Waals surface area contributed by atoms with Crippen LogP contribution in [-0.4, -0.2) is 16.7 Å². The largest absolute Gasteiger partial charge is 0.449 e. The molecule has 0 unspecified atom stereocenters. The van der Waals surface area contributed by atoms with Gasteiger partial charge in [0.1, 0.15) is 5.82 Å². The highest BCUT2D eigenvalue weighted by atomic mass is 19.1. The average Bonchev–Trinajstić information content (AvgIpc) is 3.23. The van der Waals surface area contributed by atoms with Crippen LogP contribution in [0, 0.1) is 5.82 Å². The number of hydrogen-bond donors (Lipinski definition) is 1.